The molecule has 0 radical (unpaired) electrons. The van der Waals surface area contributed by atoms with Crippen molar-refractivity contribution < 1.29 is 9.47 Å². The lowest BCUT2D eigenvalue weighted by atomic mass is 10.2. The van der Waals surface area contributed by atoms with Crippen molar-refractivity contribution >= 4 is 0 Å². The number of nitrogens with zero attached hydrogens (tertiary/aromatic N) is 2. The maximum atomic E-state index is 6.00. The molecule has 1 aliphatic carbocycles. The molecule has 1 unspecified atom stereocenters. The lowest BCUT2D eigenvalue weighted by molar-refractivity contribution is -0.0301. The first-order chi connectivity index (χ1) is 12.9. The summed E-state index contributed by atoms with van der Waals surface area (Å²) in [5.41, 5.74) is 2.25. The highest BCUT2D eigenvalue weighted by molar-refractivity contribution is 5.33. The molecule has 26 heavy (non-hydrogen) atoms. The Morgan fingerprint density at radius 2 is 2.12 bits per heavy atom. The van der Waals surface area contributed by atoms with Crippen molar-refractivity contribution in [2.75, 3.05) is 26.2 Å². The molecule has 1 saturated heterocycles. The van der Waals surface area contributed by atoms with Crippen molar-refractivity contribution in [2.24, 2.45) is 0 Å². The minimum Gasteiger partial charge on any atom is -0.489 e. The summed E-state index contributed by atoms with van der Waals surface area (Å²) < 4.78 is 11.9. The van der Waals surface area contributed by atoms with Crippen molar-refractivity contribution in [3.63, 3.8) is 0 Å². The Morgan fingerprint density at radius 3 is 2.96 bits per heavy atom. The second-order valence-corrected chi connectivity index (χ2v) is 7.11. The fraction of sp³-hybridized carbons (Fsp3) is 0.476. The van der Waals surface area contributed by atoms with Gasteiger partial charge in [-0.15, -0.1) is 0 Å². The number of rotatable bonds is 8. The molecule has 1 aromatic carbocycles. The Hall–Kier alpha value is -1.95. The van der Waals surface area contributed by atoms with E-state index >= 15 is 0 Å². The second-order valence-electron chi connectivity index (χ2n) is 7.11. The van der Waals surface area contributed by atoms with Crippen LogP contribution in [0.5, 0.6) is 5.75 Å². The Bertz CT molecular complexity index is 691. The van der Waals surface area contributed by atoms with E-state index in [1.807, 2.05) is 30.5 Å². The number of morpholine rings is 1. The molecule has 138 valence electrons. The van der Waals surface area contributed by atoms with E-state index in [1.165, 1.54) is 18.4 Å². The SMILES string of the molecule is c1cncc(COc2ccccc2CNCC2CN(C3CC3)CCO2)c1. The number of benzene rings is 1. The number of ether oxygens (including phenoxy) is 2. The molecule has 1 atom stereocenters. The molecule has 5 nitrogen and oxygen atoms in total. The van der Waals surface area contributed by atoms with Gasteiger partial charge in [-0.05, 0) is 25.0 Å². The minimum absolute atomic E-state index is 0.285. The summed E-state index contributed by atoms with van der Waals surface area (Å²) >= 11 is 0. The molecule has 1 saturated carbocycles. The molecular formula is C21H27N3O2. The van der Waals surface area contributed by atoms with Gasteiger partial charge in [-0.3, -0.25) is 9.88 Å². The summed E-state index contributed by atoms with van der Waals surface area (Å²) in [6, 6.07) is 13.0. The highest BCUT2D eigenvalue weighted by Gasteiger charge is 2.32. The normalized spacial score (nSPS) is 20.8. The van der Waals surface area contributed by atoms with E-state index in [-0.39, 0.29) is 6.10 Å². The highest BCUT2D eigenvalue weighted by atomic mass is 16.5. The number of pyridine rings is 1. The van der Waals surface area contributed by atoms with Gasteiger partial charge in [-0.2, -0.15) is 0 Å². The van der Waals surface area contributed by atoms with Crippen LogP contribution < -0.4 is 10.1 Å². The van der Waals surface area contributed by atoms with Crippen LogP contribution in [0.4, 0.5) is 0 Å². The van der Waals surface area contributed by atoms with E-state index in [9.17, 15) is 0 Å². The maximum Gasteiger partial charge on any atom is 0.124 e. The molecule has 1 aliphatic heterocycles. The average Bonchev–Trinajstić information content (AvgIpc) is 3.54. The van der Waals surface area contributed by atoms with Gasteiger partial charge in [0.15, 0.2) is 0 Å². The van der Waals surface area contributed by atoms with Gasteiger partial charge in [-0.25, -0.2) is 0 Å². The summed E-state index contributed by atoms with van der Waals surface area (Å²) in [5, 5.41) is 3.55. The molecule has 0 spiro atoms. The molecule has 5 heteroatoms. The van der Waals surface area contributed by atoms with Gasteiger partial charge < -0.3 is 14.8 Å². The number of nitrogens with one attached hydrogen (secondary N) is 1. The van der Waals surface area contributed by atoms with Crippen molar-refractivity contribution in [3.05, 3.63) is 59.9 Å². The van der Waals surface area contributed by atoms with Crippen LogP contribution in [0, 0.1) is 0 Å². The van der Waals surface area contributed by atoms with E-state index in [0.29, 0.717) is 6.61 Å². The summed E-state index contributed by atoms with van der Waals surface area (Å²) in [4.78, 5) is 6.72. The first kappa shape index (κ1) is 17.5. The third-order valence-corrected chi connectivity index (χ3v) is 5.01. The van der Waals surface area contributed by atoms with Crippen LogP contribution >= 0.6 is 0 Å². The molecule has 1 aromatic heterocycles. The predicted molar refractivity (Wildman–Crippen MR) is 101 cm³/mol. The molecular weight excluding hydrogens is 326 g/mol. The van der Waals surface area contributed by atoms with Gasteiger partial charge in [-0.1, -0.05) is 24.3 Å². The van der Waals surface area contributed by atoms with Crippen LogP contribution in [0.3, 0.4) is 0 Å². The van der Waals surface area contributed by atoms with Crippen LogP contribution in [-0.2, 0) is 17.9 Å². The molecule has 1 N–H and O–H groups in total. The van der Waals surface area contributed by atoms with Gasteiger partial charge >= 0.3 is 0 Å². The molecule has 0 bridgehead atoms. The second kappa shape index (κ2) is 8.62. The third-order valence-electron chi connectivity index (χ3n) is 5.01. The van der Waals surface area contributed by atoms with Crippen LogP contribution in [-0.4, -0.2) is 48.3 Å². The minimum atomic E-state index is 0.285. The molecule has 2 aromatic rings. The zero-order chi connectivity index (χ0) is 17.6. The fourth-order valence-electron chi connectivity index (χ4n) is 3.44. The van der Waals surface area contributed by atoms with E-state index in [0.717, 1.165) is 50.1 Å². The van der Waals surface area contributed by atoms with Gasteiger partial charge in [0.05, 0.1) is 12.7 Å². The van der Waals surface area contributed by atoms with E-state index in [2.05, 4.69) is 27.3 Å². The van der Waals surface area contributed by atoms with Crippen molar-refractivity contribution in [1.29, 1.82) is 0 Å². The predicted octanol–water partition coefficient (Wildman–Crippen LogP) is 2.61. The molecule has 0 amide bonds. The highest BCUT2D eigenvalue weighted by Crippen LogP contribution is 2.28. The molecule has 2 aliphatic rings. The Morgan fingerprint density at radius 1 is 1.19 bits per heavy atom. The number of hydrogen-bond donors (Lipinski definition) is 1. The Labute approximate surface area is 155 Å². The van der Waals surface area contributed by atoms with Crippen LogP contribution in [0.2, 0.25) is 0 Å². The van der Waals surface area contributed by atoms with Crippen molar-refractivity contribution in [2.45, 2.75) is 38.1 Å². The molecule has 4 rings (SSSR count). The van der Waals surface area contributed by atoms with E-state index in [4.69, 9.17) is 9.47 Å². The van der Waals surface area contributed by atoms with E-state index < -0.39 is 0 Å². The first-order valence-corrected chi connectivity index (χ1v) is 9.54. The summed E-state index contributed by atoms with van der Waals surface area (Å²) in [7, 11) is 0. The zero-order valence-corrected chi connectivity index (χ0v) is 15.1. The number of aromatic nitrogens is 1. The number of hydrogen-bond acceptors (Lipinski definition) is 5. The maximum absolute atomic E-state index is 6.00. The third kappa shape index (κ3) is 4.81. The number of para-hydroxylation sites is 1. The van der Waals surface area contributed by atoms with Gasteiger partial charge in [0.25, 0.3) is 0 Å². The molecule has 2 fully saturated rings. The largest absolute Gasteiger partial charge is 0.489 e. The van der Waals surface area contributed by atoms with E-state index in [1.54, 1.807) is 6.20 Å². The smallest absolute Gasteiger partial charge is 0.124 e. The van der Waals surface area contributed by atoms with Crippen LogP contribution in [0.25, 0.3) is 0 Å². The van der Waals surface area contributed by atoms with Gasteiger partial charge in [0, 0.05) is 55.7 Å². The zero-order valence-electron chi connectivity index (χ0n) is 15.1. The Balaban J connectivity index is 1.26. The molecule has 2 heterocycles. The average molecular weight is 353 g/mol. The van der Waals surface area contributed by atoms with Crippen molar-refractivity contribution in [1.82, 2.24) is 15.2 Å². The van der Waals surface area contributed by atoms with Crippen molar-refractivity contribution in [3.8, 4) is 5.75 Å². The quantitative estimate of drug-likeness (QED) is 0.790. The summed E-state index contributed by atoms with van der Waals surface area (Å²) in [5.74, 6) is 0.924. The first-order valence-electron chi connectivity index (χ1n) is 9.54. The summed E-state index contributed by atoms with van der Waals surface area (Å²) in [6.45, 7) is 5.19. The Kier molecular flexibility index (Phi) is 5.79. The topological polar surface area (TPSA) is 46.6 Å². The fourth-order valence-corrected chi connectivity index (χ4v) is 3.44. The van der Waals surface area contributed by atoms with Crippen LogP contribution in [0.1, 0.15) is 24.0 Å². The lowest BCUT2D eigenvalue weighted by Crippen LogP contribution is -2.47. The standard InChI is InChI=1S/C21H27N3O2/c1-2-6-21(26-16-17-4-3-9-22-12-17)18(5-1)13-23-14-20-15-24(10-11-25-20)19-7-8-19/h1-6,9,12,19-20,23H,7-8,10-11,13-16H2. The van der Waals surface area contributed by atoms with Gasteiger partial charge in [0.1, 0.15) is 12.4 Å². The lowest BCUT2D eigenvalue weighted by Gasteiger charge is -2.33. The summed E-state index contributed by atoms with van der Waals surface area (Å²) in [6.07, 6.45) is 6.63. The van der Waals surface area contributed by atoms with Crippen LogP contribution in [0.15, 0.2) is 48.8 Å². The monoisotopic (exact) mass is 353 g/mol. The van der Waals surface area contributed by atoms with Gasteiger partial charge in [0.2, 0.25) is 0 Å².